The number of aromatic amines is 1. The van der Waals surface area contributed by atoms with Crippen LogP contribution >= 0.6 is 0 Å². The highest BCUT2D eigenvalue weighted by Crippen LogP contribution is 2.12. The van der Waals surface area contributed by atoms with E-state index in [2.05, 4.69) is 14.9 Å². The van der Waals surface area contributed by atoms with Gasteiger partial charge < -0.3 is 14.8 Å². The summed E-state index contributed by atoms with van der Waals surface area (Å²) in [6.07, 6.45) is 1.38. The molecule has 2 aromatic rings. The number of hydrogen-bond acceptors (Lipinski definition) is 4. The average Bonchev–Trinajstić information content (AvgIpc) is 2.56. The van der Waals surface area contributed by atoms with Gasteiger partial charge in [0, 0.05) is 37.9 Å². The van der Waals surface area contributed by atoms with Crippen LogP contribution in [-0.2, 0) is 0 Å². The zero-order valence-corrected chi connectivity index (χ0v) is 12.5. The van der Waals surface area contributed by atoms with E-state index in [1.165, 1.54) is 6.20 Å². The predicted octanol–water partition coefficient (Wildman–Crippen LogP) is 0.824. The third-order valence-electron chi connectivity index (χ3n) is 3.87. The fourth-order valence-corrected chi connectivity index (χ4v) is 2.47. The fourth-order valence-electron chi connectivity index (χ4n) is 2.47. The second kappa shape index (κ2) is 6.11. The van der Waals surface area contributed by atoms with Crippen LogP contribution in [-0.4, -0.2) is 58.9 Å². The smallest absolute Gasteiger partial charge is 0.264 e. The van der Waals surface area contributed by atoms with E-state index in [0.29, 0.717) is 18.9 Å². The van der Waals surface area contributed by atoms with E-state index in [1.807, 2.05) is 37.4 Å². The minimum atomic E-state index is -0.391. The molecule has 1 aliphatic heterocycles. The Hall–Kier alpha value is -2.47. The van der Waals surface area contributed by atoms with Crippen molar-refractivity contribution >= 4 is 5.91 Å². The predicted molar refractivity (Wildman–Crippen MR) is 83.7 cm³/mol. The van der Waals surface area contributed by atoms with Crippen LogP contribution in [0.3, 0.4) is 0 Å². The Morgan fingerprint density at radius 3 is 2.45 bits per heavy atom. The Morgan fingerprint density at radius 2 is 1.82 bits per heavy atom. The van der Waals surface area contributed by atoms with Crippen molar-refractivity contribution in [2.24, 2.45) is 0 Å². The molecule has 0 radical (unpaired) electrons. The van der Waals surface area contributed by atoms with Crippen LogP contribution in [0.5, 0.6) is 0 Å². The molecule has 1 aliphatic rings. The quantitative estimate of drug-likeness (QED) is 0.891. The summed E-state index contributed by atoms with van der Waals surface area (Å²) in [4.78, 5) is 35.4. The molecular formula is C16H18N4O2. The van der Waals surface area contributed by atoms with E-state index in [9.17, 15) is 9.59 Å². The molecule has 0 spiro atoms. The highest BCUT2D eigenvalue weighted by molar-refractivity contribution is 5.93. The van der Waals surface area contributed by atoms with Crippen LogP contribution < -0.4 is 5.56 Å². The molecule has 0 aliphatic carbocycles. The Morgan fingerprint density at radius 1 is 1.14 bits per heavy atom. The van der Waals surface area contributed by atoms with Gasteiger partial charge >= 0.3 is 0 Å². The first kappa shape index (κ1) is 14.5. The summed E-state index contributed by atoms with van der Waals surface area (Å²) < 4.78 is 0. The number of H-pyrrole nitrogens is 1. The summed E-state index contributed by atoms with van der Waals surface area (Å²) in [6.45, 7) is 2.91. The zero-order valence-electron chi connectivity index (χ0n) is 12.5. The normalized spacial score (nSPS) is 15.8. The SMILES string of the molecule is CN1CCN(C(=O)c2cnc(-c3ccccc3)[nH]c2=O)CC1. The van der Waals surface area contributed by atoms with Crippen molar-refractivity contribution in [3.8, 4) is 11.4 Å². The van der Waals surface area contributed by atoms with Gasteiger partial charge in [-0.3, -0.25) is 9.59 Å². The fraction of sp³-hybridized carbons (Fsp3) is 0.312. The van der Waals surface area contributed by atoms with Crippen molar-refractivity contribution in [1.82, 2.24) is 19.8 Å². The van der Waals surface area contributed by atoms with Crippen molar-refractivity contribution in [1.29, 1.82) is 0 Å². The van der Waals surface area contributed by atoms with Gasteiger partial charge in [-0.2, -0.15) is 0 Å². The summed E-state index contributed by atoms with van der Waals surface area (Å²) in [5, 5.41) is 0. The van der Waals surface area contributed by atoms with Gasteiger partial charge in [0.25, 0.3) is 11.5 Å². The number of aromatic nitrogens is 2. The molecule has 2 heterocycles. The largest absolute Gasteiger partial charge is 0.336 e. The number of rotatable bonds is 2. The van der Waals surface area contributed by atoms with Gasteiger partial charge in [-0.1, -0.05) is 30.3 Å². The highest BCUT2D eigenvalue weighted by atomic mass is 16.2. The van der Waals surface area contributed by atoms with Crippen molar-refractivity contribution in [2.75, 3.05) is 33.2 Å². The van der Waals surface area contributed by atoms with E-state index in [4.69, 9.17) is 0 Å². The van der Waals surface area contributed by atoms with Crippen LogP contribution in [0.25, 0.3) is 11.4 Å². The van der Waals surface area contributed by atoms with E-state index < -0.39 is 5.56 Å². The molecule has 0 atom stereocenters. The molecular weight excluding hydrogens is 280 g/mol. The number of likely N-dealkylation sites (N-methyl/N-ethyl adjacent to an activating group) is 1. The zero-order chi connectivity index (χ0) is 15.5. The third-order valence-corrected chi connectivity index (χ3v) is 3.87. The first-order valence-corrected chi connectivity index (χ1v) is 7.28. The molecule has 1 aromatic carbocycles. The molecule has 0 unspecified atom stereocenters. The number of nitrogens with zero attached hydrogens (tertiary/aromatic N) is 3. The van der Waals surface area contributed by atoms with E-state index in [1.54, 1.807) is 4.90 Å². The lowest BCUT2D eigenvalue weighted by atomic mass is 10.2. The molecule has 1 N–H and O–H groups in total. The van der Waals surface area contributed by atoms with Crippen LogP contribution in [0.2, 0.25) is 0 Å². The molecule has 22 heavy (non-hydrogen) atoms. The molecule has 0 saturated carbocycles. The maximum absolute atomic E-state index is 12.4. The van der Waals surface area contributed by atoms with Gasteiger partial charge in [0.2, 0.25) is 0 Å². The standard InChI is InChI=1S/C16H18N4O2/c1-19-7-9-20(10-8-19)16(22)13-11-17-14(18-15(13)21)12-5-3-2-4-6-12/h2-6,11H,7-10H2,1H3,(H,17,18,21). The van der Waals surface area contributed by atoms with Crippen molar-refractivity contribution in [3.63, 3.8) is 0 Å². The second-order valence-corrected chi connectivity index (χ2v) is 5.44. The number of carbonyl (C=O) groups excluding carboxylic acids is 1. The van der Waals surface area contributed by atoms with Crippen LogP contribution in [0.4, 0.5) is 0 Å². The van der Waals surface area contributed by atoms with Gasteiger partial charge in [0.05, 0.1) is 0 Å². The minimum Gasteiger partial charge on any atom is -0.336 e. The molecule has 6 nitrogen and oxygen atoms in total. The van der Waals surface area contributed by atoms with E-state index in [-0.39, 0.29) is 11.5 Å². The molecule has 1 amide bonds. The Balaban J connectivity index is 1.84. The summed E-state index contributed by atoms with van der Waals surface area (Å²) in [6, 6.07) is 9.37. The Labute approximate surface area is 128 Å². The van der Waals surface area contributed by atoms with Crippen molar-refractivity contribution < 1.29 is 4.79 Å². The number of carbonyl (C=O) groups is 1. The summed E-state index contributed by atoms with van der Waals surface area (Å²) in [5.41, 5.74) is 0.528. The van der Waals surface area contributed by atoms with E-state index in [0.717, 1.165) is 18.7 Å². The molecule has 114 valence electrons. The third kappa shape index (κ3) is 2.92. The Kier molecular flexibility index (Phi) is 4.02. The number of benzene rings is 1. The second-order valence-electron chi connectivity index (χ2n) is 5.44. The van der Waals surface area contributed by atoms with Crippen LogP contribution in [0.15, 0.2) is 41.3 Å². The highest BCUT2D eigenvalue weighted by Gasteiger charge is 2.22. The number of nitrogens with one attached hydrogen (secondary N) is 1. The van der Waals surface area contributed by atoms with Crippen molar-refractivity contribution in [3.05, 3.63) is 52.4 Å². The maximum atomic E-state index is 12.4. The first-order chi connectivity index (χ1) is 10.6. The molecule has 1 saturated heterocycles. The lowest BCUT2D eigenvalue weighted by Gasteiger charge is -2.32. The monoisotopic (exact) mass is 298 g/mol. The minimum absolute atomic E-state index is 0.101. The van der Waals surface area contributed by atoms with Crippen LogP contribution in [0.1, 0.15) is 10.4 Å². The van der Waals surface area contributed by atoms with Gasteiger partial charge in [0.1, 0.15) is 11.4 Å². The van der Waals surface area contributed by atoms with Gasteiger partial charge in [-0.15, -0.1) is 0 Å². The first-order valence-electron chi connectivity index (χ1n) is 7.28. The van der Waals surface area contributed by atoms with Crippen molar-refractivity contribution in [2.45, 2.75) is 0 Å². The molecule has 6 heteroatoms. The molecule has 3 rings (SSSR count). The summed E-state index contributed by atoms with van der Waals surface area (Å²) in [5.74, 6) is 0.224. The topological polar surface area (TPSA) is 69.3 Å². The van der Waals surface area contributed by atoms with Gasteiger partial charge in [-0.05, 0) is 7.05 Å². The van der Waals surface area contributed by atoms with E-state index >= 15 is 0 Å². The lowest BCUT2D eigenvalue weighted by molar-refractivity contribution is 0.0662. The molecule has 1 aromatic heterocycles. The summed E-state index contributed by atoms with van der Waals surface area (Å²) >= 11 is 0. The molecule has 0 bridgehead atoms. The summed E-state index contributed by atoms with van der Waals surface area (Å²) in [7, 11) is 2.02. The number of amides is 1. The molecule has 1 fully saturated rings. The van der Waals surface area contributed by atoms with Crippen LogP contribution in [0, 0.1) is 0 Å². The number of hydrogen-bond donors (Lipinski definition) is 1. The average molecular weight is 298 g/mol. The number of piperazine rings is 1. The lowest BCUT2D eigenvalue weighted by Crippen LogP contribution is -2.48. The maximum Gasteiger partial charge on any atom is 0.264 e. The van der Waals surface area contributed by atoms with Gasteiger partial charge in [0.15, 0.2) is 0 Å². The van der Waals surface area contributed by atoms with Gasteiger partial charge in [-0.25, -0.2) is 4.98 Å². The Bertz CT molecular complexity index is 718.